The Labute approximate surface area is 87.2 Å². The van der Waals surface area contributed by atoms with Crippen molar-refractivity contribution in [3.05, 3.63) is 23.7 Å². The number of fused-ring (bicyclic) bond motifs is 1. The molecule has 4 N–H and O–H groups in total. The molecule has 5 nitrogen and oxygen atoms in total. The summed E-state index contributed by atoms with van der Waals surface area (Å²) in [6.07, 6.45) is 1.57. The normalized spacial score (nSPS) is 11.1. The molecule has 0 saturated heterocycles. The monoisotopic (exact) mass is 203 g/mol. The fourth-order valence-corrected chi connectivity index (χ4v) is 1.34. The van der Waals surface area contributed by atoms with Crippen molar-refractivity contribution in [2.45, 2.75) is 19.8 Å². The second-order valence-corrected chi connectivity index (χ2v) is 3.79. The number of pyridine rings is 1. The van der Waals surface area contributed by atoms with E-state index in [2.05, 4.69) is 28.8 Å². The highest BCUT2D eigenvalue weighted by atomic mass is 15.0. The topological polar surface area (TPSA) is 91.4 Å². The summed E-state index contributed by atoms with van der Waals surface area (Å²) in [5.74, 6) is 1.25. The molecule has 78 valence electrons. The van der Waals surface area contributed by atoms with E-state index in [0.717, 1.165) is 11.3 Å². The van der Waals surface area contributed by atoms with Crippen LogP contribution in [-0.2, 0) is 0 Å². The molecule has 2 heterocycles. The first-order chi connectivity index (χ1) is 7.08. The van der Waals surface area contributed by atoms with Gasteiger partial charge < -0.3 is 10.7 Å². The minimum Gasteiger partial charge on any atom is -0.384 e. The van der Waals surface area contributed by atoms with Crippen LogP contribution in [0.2, 0.25) is 0 Å². The summed E-state index contributed by atoms with van der Waals surface area (Å²) in [5.41, 5.74) is 7.49. The first kappa shape index (κ1) is 9.64. The molecule has 5 heteroatoms. The van der Waals surface area contributed by atoms with Gasteiger partial charge in [-0.05, 0) is 6.07 Å². The standard InChI is InChI=1S/C10H13N5/c1-5(2)9-14-7-3-6(8(11)12)4-13-10(7)15-9/h3-5H,1-2H3,(H3,11,12)(H,13,14,15). The van der Waals surface area contributed by atoms with Gasteiger partial charge in [0.05, 0.1) is 5.52 Å². The number of amidine groups is 1. The summed E-state index contributed by atoms with van der Waals surface area (Å²) in [6, 6.07) is 1.80. The van der Waals surface area contributed by atoms with Crippen molar-refractivity contribution >= 4 is 17.0 Å². The van der Waals surface area contributed by atoms with Crippen molar-refractivity contribution in [1.82, 2.24) is 15.0 Å². The Hall–Kier alpha value is -1.91. The third kappa shape index (κ3) is 1.68. The zero-order chi connectivity index (χ0) is 11.0. The predicted octanol–water partition coefficient (Wildman–Crippen LogP) is 1.37. The van der Waals surface area contributed by atoms with E-state index < -0.39 is 0 Å². The largest absolute Gasteiger partial charge is 0.384 e. The molecule has 0 bridgehead atoms. The smallest absolute Gasteiger partial charge is 0.177 e. The van der Waals surface area contributed by atoms with Crippen LogP contribution >= 0.6 is 0 Å². The molecule has 0 aromatic carbocycles. The number of nitrogens with two attached hydrogens (primary N) is 1. The van der Waals surface area contributed by atoms with E-state index in [1.807, 2.05) is 0 Å². The molecule has 0 atom stereocenters. The molecule has 2 aromatic rings. The molecule has 2 aromatic heterocycles. The average Bonchev–Trinajstić information content (AvgIpc) is 2.59. The maximum absolute atomic E-state index is 7.31. The van der Waals surface area contributed by atoms with Crippen molar-refractivity contribution in [3.63, 3.8) is 0 Å². The van der Waals surface area contributed by atoms with Crippen LogP contribution in [-0.4, -0.2) is 20.8 Å². The molecule has 0 fully saturated rings. The SMILES string of the molecule is CC(C)c1nc2ncc(C(=N)N)cc2[nH]1. The first-order valence-electron chi connectivity index (χ1n) is 4.78. The minimum absolute atomic E-state index is 0.0186. The van der Waals surface area contributed by atoms with E-state index in [1.54, 1.807) is 12.3 Å². The highest BCUT2D eigenvalue weighted by molar-refractivity contribution is 5.96. The fraction of sp³-hybridized carbons (Fsp3) is 0.300. The van der Waals surface area contributed by atoms with Gasteiger partial charge in [0.15, 0.2) is 5.65 Å². The van der Waals surface area contributed by atoms with Crippen LogP contribution in [0.5, 0.6) is 0 Å². The molecule has 0 amide bonds. The number of nitrogens with zero attached hydrogens (tertiary/aromatic N) is 2. The Morgan fingerprint density at radius 2 is 2.27 bits per heavy atom. The predicted molar refractivity (Wildman–Crippen MR) is 59.0 cm³/mol. The summed E-state index contributed by atoms with van der Waals surface area (Å²) in [5, 5.41) is 7.31. The number of imidazole rings is 1. The lowest BCUT2D eigenvalue weighted by atomic mass is 10.2. The Kier molecular flexibility index (Phi) is 2.15. The number of nitrogens with one attached hydrogen (secondary N) is 2. The van der Waals surface area contributed by atoms with E-state index in [-0.39, 0.29) is 5.84 Å². The molecule has 0 aliphatic heterocycles. The van der Waals surface area contributed by atoms with Gasteiger partial charge in [0, 0.05) is 17.7 Å². The summed E-state index contributed by atoms with van der Waals surface area (Å²) in [7, 11) is 0. The van der Waals surface area contributed by atoms with Gasteiger partial charge in [-0.1, -0.05) is 13.8 Å². The number of aromatic nitrogens is 3. The summed E-state index contributed by atoms with van der Waals surface area (Å²) in [4.78, 5) is 11.6. The molecule has 15 heavy (non-hydrogen) atoms. The Morgan fingerprint density at radius 1 is 1.53 bits per heavy atom. The van der Waals surface area contributed by atoms with E-state index in [9.17, 15) is 0 Å². The molecule has 0 radical (unpaired) electrons. The van der Waals surface area contributed by atoms with E-state index in [0.29, 0.717) is 17.1 Å². The van der Waals surface area contributed by atoms with Crippen LogP contribution in [0.1, 0.15) is 31.2 Å². The first-order valence-corrected chi connectivity index (χ1v) is 4.78. The lowest BCUT2D eigenvalue weighted by molar-refractivity contribution is 0.798. The van der Waals surface area contributed by atoms with Crippen molar-refractivity contribution in [2.75, 3.05) is 0 Å². The molecule has 0 saturated carbocycles. The van der Waals surface area contributed by atoms with Crippen LogP contribution in [0.4, 0.5) is 0 Å². The van der Waals surface area contributed by atoms with Gasteiger partial charge in [-0.25, -0.2) is 9.97 Å². The van der Waals surface area contributed by atoms with Crippen LogP contribution in [0.3, 0.4) is 0 Å². The van der Waals surface area contributed by atoms with E-state index >= 15 is 0 Å². The third-order valence-electron chi connectivity index (χ3n) is 2.21. The zero-order valence-electron chi connectivity index (χ0n) is 8.70. The Bertz CT molecular complexity index is 512. The zero-order valence-corrected chi connectivity index (χ0v) is 8.70. The molecular weight excluding hydrogens is 190 g/mol. The van der Waals surface area contributed by atoms with E-state index in [1.165, 1.54) is 0 Å². The van der Waals surface area contributed by atoms with Crippen molar-refractivity contribution < 1.29 is 0 Å². The molecule has 2 rings (SSSR count). The van der Waals surface area contributed by atoms with Gasteiger partial charge >= 0.3 is 0 Å². The summed E-state index contributed by atoms with van der Waals surface area (Å²) >= 11 is 0. The van der Waals surface area contributed by atoms with Crippen LogP contribution in [0, 0.1) is 5.41 Å². The molecular formula is C10H13N5. The highest BCUT2D eigenvalue weighted by Crippen LogP contribution is 2.15. The van der Waals surface area contributed by atoms with Gasteiger partial charge in [-0.2, -0.15) is 0 Å². The summed E-state index contributed by atoms with van der Waals surface area (Å²) in [6.45, 7) is 4.12. The molecule has 0 spiro atoms. The number of nitrogen functional groups attached to an aromatic ring is 1. The van der Waals surface area contributed by atoms with Gasteiger partial charge in [-0.15, -0.1) is 0 Å². The summed E-state index contributed by atoms with van der Waals surface area (Å²) < 4.78 is 0. The minimum atomic E-state index is 0.0186. The maximum atomic E-state index is 7.31. The molecule has 0 aliphatic carbocycles. The third-order valence-corrected chi connectivity index (χ3v) is 2.21. The number of aromatic amines is 1. The quantitative estimate of drug-likeness (QED) is 0.508. The number of hydrogen-bond donors (Lipinski definition) is 3. The van der Waals surface area contributed by atoms with Crippen molar-refractivity contribution in [3.8, 4) is 0 Å². The molecule has 0 aliphatic rings. The number of rotatable bonds is 2. The van der Waals surface area contributed by atoms with Gasteiger partial charge in [0.1, 0.15) is 11.7 Å². The highest BCUT2D eigenvalue weighted by Gasteiger charge is 2.08. The lowest BCUT2D eigenvalue weighted by Gasteiger charge is -1.96. The van der Waals surface area contributed by atoms with Crippen molar-refractivity contribution in [1.29, 1.82) is 5.41 Å². The fourth-order valence-electron chi connectivity index (χ4n) is 1.34. The number of hydrogen-bond acceptors (Lipinski definition) is 3. The van der Waals surface area contributed by atoms with Crippen LogP contribution in [0.25, 0.3) is 11.2 Å². The van der Waals surface area contributed by atoms with Crippen LogP contribution < -0.4 is 5.73 Å². The van der Waals surface area contributed by atoms with Crippen LogP contribution in [0.15, 0.2) is 12.3 Å². The second kappa shape index (κ2) is 3.34. The Balaban J connectivity index is 2.57. The maximum Gasteiger partial charge on any atom is 0.177 e. The molecule has 0 unspecified atom stereocenters. The number of H-pyrrole nitrogens is 1. The Morgan fingerprint density at radius 3 is 2.87 bits per heavy atom. The van der Waals surface area contributed by atoms with E-state index in [4.69, 9.17) is 11.1 Å². The average molecular weight is 203 g/mol. The van der Waals surface area contributed by atoms with Gasteiger partial charge in [0.2, 0.25) is 0 Å². The van der Waals surface area contributed by atoms with Gasteiger partial charge in [-0.3, -0.25) is 5.41 Å². The van der Waals surface area contributed by atoms with Gasteiger partial charge in [0.25, 0.3) is 0 Å². The second-order valence-electron chi connectivity index (χ2n) is 3.79. The van der Waals surface area contributed by atoms with Crippen molar-refractivity contribution in [2.24, 2.45) is 5.73 Å². The lowest BCUT2D eigenvalue weighted by Crippen LogP contribution is -2.11.